The molecule has 2 unspecified atom stereocenters. The van der Waals surface area contributed by atoms with Gasteiger partial charge in [-0.25, -0.2) is 28.5 Å². The number of anilines is 1. The second-order valence-electron chi connectivity index (χ2n) is 9.79. The molecule has 4 atom stereocenters. The van der Waals surface area contributed by atoms with Gasteiger partial charge in [0.1, 0.15) is 5.67 Å². The van der Waals surface area contributed by atoms with Gasteiger partial charge >= 0.3 is 0 Å². The number of nitrogens with zero attached hydrogens (tertiary/aromatic N) is 3. The maximum atomic E-state index is 15.3. The molecular formula is C28H26F3N6O3S-. The van der Waals surface area contributed by atoms with Gasteiger partial charge in [0.25, 0.3) is 0 Å². The van der Waals surface area contributed by atoms with Crippen LogP contribution in [0.4, 0.5) is 19.1 Å². The van der Waals surface area contributed by atoms with E-state index in [4.69, 9.17) is 4.74 Å². The van der Waals surface area contributed by atoms with Crippen LogP contribution in [-0.4, -0.2) is 48.5 Å². The van der Waals surface area contributed by atoms with E-state index in [1.54, 1.807) is 48.5 Å². The van der Waals surface area contributed by atoms with E-state index in [9.17, 15) is 13.2 Å². The van der Waals surface area contributed by atoms with Crippen molar-refractivity contribution in [3.63, 3.8) is 0 Å². The molecule has 1 saturated heterocycles. The molecule has 13 heteroatoms. The van der Waals surface area contributed by atoms with Crippen LogP contribution in [-0.2, 0) is 11.3 Å². The summed E-state index contributed by atoms with van der Waals surface area (Å²) >= 11 is -2.75. The van der Waals surface area contributed by atoms with E-state index in [0.717, 1.165) is 0 Å². The second-order valence-corrected chi connectivity index (χ2v) is 10.5. The molecule has 214 valence electrons. The number of piperidine rings is 1. The lowest BCUT2D eigenvalue weighted by molar-refractivity contribution is 0.137. The molecule has 1 fully saturated rings. The van der Waals surface area contributed by atoms with Crippen LogP contribution in [0.15, 0.2) is 73.1 Å². The average molecular weight is 584 g/mol. The van der Waals surface area contributed by atoms with Gasteiger partial charge in [0.05, 0.1) is 17.3 Å². The summed E-state index contributed by atoms with van der Waals surface area (Å²) < 4.78 is 75.8. The Kier molecular flexibility index (Phi) is 8.59. The number of alkyl halides is 1. The molecule has 0 spiro atoms. The van der Waals surface area contributed by atoms with Crippen LogP contribution >= 0.6 is 0 Å². The lowest BCUT2D eigenvalue weighted by Gasteiger charge is -2.33. The summed E-state index contributed by atoms with van der Waals surface area (Å²) in [6.07, 6.45) is 3.22. The van der Waals surface area contributed by atoms with Crippen molar-refractivity contribution in [3.8, 4) is 22.9 Å². The number of benzene rings is 2. The quantitative estimate of drug-likeness (QED) is 0.245. The highest BCUT2D eigenvalue weighted by Crippen LogP contribution is 2.35. The Morgan fingerprint density at radius 1 is 1.07 bits per heavy atom. The Balaban J connectivity index is 1.41. The van der Waals surface area contributed by atoms with E-state index in [2.05, 4.69) is 30.3 Å². The number of hydrogen-bond acceptors (Lipinski definition) is 8. The molecule has 3 N–H and O–H groups in total. The van der Waals surface area contributed by atoms with Crippen LogP contribution < -0.4 is 20.1 Å². The molecule has 0 bridgehead atoms. The molecule has 2 aromatic heterocycles. The van der Waals surface area contributed by atoms with Gasteiger partial charge in [-0.3, -0.25) is 4.21 Å². The number of rotatable bonds is 9. The maximum absolute atomic E-state index is 15.3. The zero-order chi connectivity index (χ0) is 29.0. The topological polar surface area (TPSA) is 124 Å². The minimum Gasteiger partial charge on any atom is -0.760 e. The first-order chi connectivity index (χ1) is 19.7. The van der Waals surface area contributed by atoms with Crippen molar-refractivity contribution in [1.82, 2.24) is 25.0 Å². The fourth-order valence-corrected chi connectivity index (χ4v) is 5.16. The Hall–Kier alpha value is -3.91. The Labute approximate surface area is 237 Å². The highest BCUT2D eigenvalue weighted by molar-refractivity contribution is 7.77. The number of pyridine rings is 1. The van der Waals surface area contributed by atoms with Gasteiger partial charge in [0.15, 0.2) is 11.6 Å². The summed E-state index contributed by atoms with van der Waals surface area (Å²) in [7, 11) is 0. The molecule has 0 amide bonds. The zero-order valence-electron chi connectivity index (χ0n) is 21.8. The third-order valence-electron chi connectivity index (χ3n) is 6.53. The van der Waals surface area contributed by atoms with Crippen LogP contribution in [0.25, 0.3) is 11.3 Å². The summed E-state index contributed by atoms with van der Waals surface area (Å²) in [4.78, 5) is 12.9. The molecule has 4 aromatic rings. The standard InChI is InChI=1S/C28H27F3N6O3S/c1-28(31)14-18(15-32-16-28)35-27-34-13-11-21(36-27)19-8-5-12-33-26(19)40-22-10-9-20(23(29)24(22)30)25(37-41(38)39)17-6-3-2-4-7-17/h2-13,18,25,32,37H,14-16H2,1H3,(H,38,39)(H,34,35,36)/p-1/t18-,25?,28+/m0/s1. The van der Waals surface area contributed by atoms with E-state index in [1.165, 1.54) is 31.5 Å². The van der Waals surface area contributed by atoms with Gasteiger partial charge in [-0.15, -0.1) is 0 Å². The third-order valence-corrected chi connectivity index (χ3v) is 6.96. The van der Waals surface area contributed by atoms with E-state index in [-0.39, 0.29) is 36.4 Å². The predicted octanol–water partition coefficient (Wildman–Crippen LogP) is 4.58. The molecule has 0 saturated carbocycles. The molecule has 9 nitrogen and oxygen atoms in total. The summed E-state index contributed by atoms with van der Waals surface area (Å²) in [6.45, 7) is 2.34. The molecule has 0 radical (unpaired) electrons. The van der Waals surface area contributed by atoms with Crippen molar-refractivity contribution in [3.05, 3.63) is 95.8 Å². The van der Waals surface area contributed by atoms with E-state index in [0.29, 0.717) is 23.4 Å². The van der Waals surface area contributed by atoms with Crippen LogP contribution in [0, 0.1) is 11.6 Å². The van der Waals surface area contributed by atoms with Crippen molar-refractivity contribution in [2.75, 3.05) is 18.4 Å². The van der Waals surface area contributed by atoms with Crippen LogP contribution in [0.3, 0.4) is 0 Å². The van der Waals surface area contributed by atoms with Gasteiger partial charge < -0.3 is 19.9 Å². The van der Waals surface area contributed by atoms with Gasteiger partial charge in [-0.1, -0.05) is 36.4 Å². The molecule has 5 rings (SSSR count). The highest BCUT2D eigenvalue weighted by Gasteiger charge is 2.32. The molecule has 3 heterocycles. The molecule has 2 aromatic carbocycles. The van der Waals surface area contributed by atoms with Gasteiger partial charge in [-0.2, -0.15) is 4.39 Å². The van der Waals surface area contributed by atoms with E-state index >= 15 is 8.78 Å². The fraction of sp³-hybridized carbons (Fsp3) is 0.250. The Bertz CT molecular complexity index is 1550. The van der Waals surface area contributed by atoms with Crippen LogP contribution in [0.5, 0.6) is 11.6 Å². The number of ether oxygens (including phenoxy) is 1. The zero-order valence-corrected chi connectivity index (χ0v) is 22.6. The van der Waals surface area contributed by atoms with Crippen molar-refractivity contribution < 1.29 is 26.7 Å². The molecule has 1 aliphatic rings. The third kappa shape index (κ3) is 6.88. The monoisotopic (exact) mass is 583 g/mol. The number of aromatic nitrogens is 3. The molecule has 1 aliphatic heterocycles. The first-order valence-corrected chi connectivity index (χ1v) is 13.8. The fourth-order valence-electron chi connectivity index (χ4n) is 4.70. The predicted molar refractivity (Wildman–Crippen MR) is 146 cm³/mol. The normalized spacial score (nSPS) is 20.3. The van der Waals surface area contributed by atoms with Gasteiger partial charge in [-0.05, 0) is 36.8 Å². The number of halogens is 3. The van der Waals surface area contributed by atoms with Gasteiger partial charge in [0.2, 0.25) is 17.6 Å². The van der Waals surface area contributed by atoms with E-state index < -0.39 is 40.4 Å². The minimum atomic E-state index is -2.75. The largest absolute Gasteiger partial charge is 0.760 e. The second kappa shape index (κ2) is 12.3. The van der Waals surface area contributed by atoms with Crippen LogP contribution in [0.2, 0.25) is 0 Å². The molecular weight excluding hydrogens is 557 g/mol. The first kappa shape index (κ1) is 28.6. The summed E-state index contributed by atoms with van der Waals surface area (Å²) in [5.74, 6) is -2.83. The van der Waals surface area contributed by atoms with E-state index in [1.807, 2.05) is 0 Å². The smallest absolute Gasteiger partial charge is 0.228 e. The maximum Gasteiger partial charge on any atom is 0.228 e. The van der Waals surface area contributed by atoms with Crippen molar-refractivity contribution in [2.24, 2.45) is 0 Å². The molecule has 0 aliphatic carbocycles. The highest BCUT2D eigenvalue weighted by atomic mass is 32.2. The average Bonchev–Trinajstić information content (AvgIpc) is 2.95. The van der Waals surface area contributed by atoms with Crippen molar-refractivity contribution >= 4 is 17.2 Å². The molecule has 41 heavy (non-hydrogen) atoms. The number of hydrogen-bond donors (Lipinski definition) is 3. The van der Waals surface area contributed by atoms with Crippen molar-refractivity contribution in [1.29, 1.82) is 0 Å². The number of nitrogens with one attached hydrogen (secondary N) is 3. The van der Waals surface area contributed by atoms with Crippen LogP contribution in [0.1, 0.15) is 30.5 Å². The first-order valence-electron chi connectivity index (χ1n) is 12.7. The lowest BCUT2D eigenvalue weighted by atomic mass is 9.95. The van der Waals surface area contributed by atoms with Gasteiger partial charge in [0, 0.05) is 54.8 Å². The Morgan fingerprint density at radius 3 is 2.63 bits per heavy atom. The summed E-state index contributed by atoms with van der Waals surface area (Å²) in [5.41, 5.74) is -0.398. The summed E-state index contributed by atoms with van der Waals surface area (Å²) in [5, 5.41) is 6.17. The summed E-state index contributed by atoms with van der Waals surface area (Å²) in [6, 6.07) is 14.2. The lowest BCUT2D eigenvalue weighted by Crippen LogP contribution is -2.50. The Morgan fingerprint density at radius 2 is 1.88 bits per heavy atom. The minimum absolute atomic E-state index is 0.0442. The van der Waals surface area contributed by atoms with Crippen molar-refractivity contribution in [2.45, 2.75) is 31.1 Å². The SMILES string of the molecule is C[C@]1(F)CNC[C@@H](Nc2nccc(-c3cccnc3Oc3ccc(C(NS(=O)[O-])c4ccccc4)c(F)c3F)n2)C1.